The fraction of sp³-hybridized carbons (Fsp3) is 0.0625. The summed E-state index contributed by atoms with van der Waals surface area (Å²) in [6.07, 6.45) is 3.18. The minimum absolute atomic E-state index is 0.301. The van der Waals surface area contributed by atoms with Crippen LogP contribution in [-0.2, 0) is 6.54 Å². The van der Waals surface area contributed by atoms with Crippen molar-refractivity contribution in [2.75, 3.05) is 5.43 Å². The molecule has 0 saturated heterocycles. The van der Waals surface area contributed by atoms with Crippen LogP contribution in [0.5, 0.6) is 11.8 Å². The highest BCUT2D eigenvalue weighted by Crippen LogP contribution is 2.22. The maximum Gasteiger partial charge on any atom is 0.345 e. The highest BCUT2D eigenvalue weighted by atomic mass is 16.5. The average molecular weight is 334 g/mol. The Morgan fingerprint density at radius 1 is 0.960 bits per heavy atom. The van der Waals surface area contributed by atoms with Crippen molar-refractivity contribution in [3.8, 4) is 17.4 Å². The summed E-state index contributed by atoms with van der Waals surface area (Å²) in [5.41, 5.74) is 5.01. The molecule has 2 heterocycles. The molecule has 0 amide bonds. The number of nitrogens with zero attached hydrogens (tertiary/aromatic N) is 7. The predicted octanol–water partition coefficient (Wildman–Crippen LogP) is 1.79. The van der Waals surface area contributed by atoms with E-state index in [4.69, 9.17) is 4.74 Å². The van der Waals surface area contributed by atoms with Crippen LogP contribution < -0.4 is 10.2 Å². The second-order valence-electron chi connectivity index (χ2n) is 5.16. The minimum atomic E-state index is 0.301. The Balaban J connectivity index is 1.50. The van der Waals surface area contributed by atoms with Crippen molar-refractivity contribution in [3.05, 3.63) is 72.8 Å². The van der Waals surface area contributed by atoms with Crippen molar-refractivity contribution >= 4 is 0 Å². The van der Waals surface area contributed by atoms with Gasteiger partial charge in [-0.15, -0.1) is 10.2 Å². The molecule has 25 heavy (non-hydrogen) atoms. The van der Waals surface area contributed by atoms with Crippen LogP contribution in [0.2, 0.25) is 0 Å². The van der Waals surface area contributed by atoms with Crippen LogP contribution in [0.4, 0.5) is 0 Å². The van der Waals surface area contributed by atoms with Crippen LogP contribution in [0, 0.1) is 0 Å². The first-order valence-corrected chi connectivity index (χ1v) is 7.57. The fourth-order valence-electron chi connectivity index (χ4n) is 2.26. The highest BCUT2D eigenvalue weighted by molar-refractivity contribution is 5.34. The smallest absolute Gasteiger partial charge is 0.345 e. The second kappa shape index (κ2) is 6.79. The van der Waals surface area contributed by atoms with Crippen molar-refractivity contribution in [2.24, 2.45) is 0 Å². The second-order valence-corrected chi connectivity index (χ2v) is 5.16. The van der Waals surface area contributed by atoms with Crippen molar-refractivity contribution < 1.29 is 4.74 Å². The molecule has 0 aliphatic rings. The predicted molar refractivity (Wildman–Crippen MR) is 88.8 cm³/mol. The highest BCUT2D eigenvalue weighted by Gasteiger charge is 2.10. The Kier molecular flexibility index (Phi) is 4.02. The Bertz CT molecular complexity index is 936. The third-order valence-electron chi connectivity index (χ3n) is 3.43. The van der Waals surface area contributed by atoms with E-state index in [1.54, 1.807) is 22.0 Å². The zero-order valence-electron chi connectivity index (χ0n) is 13.1. The van der Waals surface area contributed by atoms with Gasteiger partial charge in [0.2, 0.25) is 0 Å². The quantitative estimate of drug-likeness (QED) is 0.574. The molecule has 0 saturated carbocycles. The molecule has 0 fully saturated rings. The first-order valence-electron chi connectivity index (χ1n) is 7.57. The van der Waals surface area contributed by atoms with Gasteiger partial charge in [0.1, 0.15) is 18.4 Å². The van der Waals surface area contributed by atoms with E-state index in [1.165, 1.54) is 0 Å². The normalized spacial score (nSPS) is 10.6. The minimum Gasteiger partial charge on any atom is -0.423 e. The molecule has 0 atom stereocenters. The first kappa shape index (κ1) is 14.8. The maximum absolute atomic E-state index is 5.85. The van der Waals surface area contributed by atoms with Gasteiger partial charge < -0.3 is 10.2 Å². The van der Waals surface area contributed by atoms with Gasteiger partial charge >= 0.3 is 6.01 Å². The van der Waals surface area contributed by atoms with Gasteiger partial charge in [-0.3, -0.25) is 0 Å². The van der Waals surface area contributed by atoms with Crippen LogP contribution in [0.25, 0.3) is 5.69 Å². The molecule has 0 aliphatic heterocycles. The van der Waals surface area contributed by atoms with Gasteiger partial charge in [-0.1, -0.05) is 35.4 Å². The van der Waals surface area contributed by atoms with Crippen LogP contribution in [0.3, 0.4) is 0 Å². The number of hydrogen-bond acceptors (Lipinski definition) is 7. The fourth-order valence-corrected chi connectivity index (χ4v) is 2.26. The van der Waals surface area contributed by atoms with Crippen molar-refractivity contribution in [1.29, 1.82) is 0 Å². The number of nitrogens with one attached hydrogen (secondary N) is 1. The van der Waals surface area contributed by atoms with Gasteiger partial charge in [0, 0.05) is 0 Å². The van der Waals surface area contributed by atoms with Gasteiger partial charge in [-0.05, 0) is 40.3 Å². The SMILES string of the molecule is c1ccc(-n2nnnc2Oc2cccc(CNn3cnnc3)c2)cc1. The molecule has 0 bridgehead atoms. The topological polar surface area (TPSA) is 95.6 Å². The Morgan fingerprint density at radius 2 is 1.80 bits per heavy atom. The molecular weight excluding hydrogens is 320 g/mol. The zero-order valence-corrected chi connectivity index (χ0v) is 13.1. The third kappa shape index (κ3) is 3.44. The summed E-state index contributed by atoms with van der Waals surface area (Å²) in [5.74, 6) is 0.648. The molecule has 2 aromatic heterocycles. The lowest BCUT2D eigenvalue weighted by atomic mass is 10.2. The average Bonchev–Trinajstić information content (AvgIpc) is 3.33. The molecule has 2 aromatic carbocycles. The lowest BCUT2D eigenvalue weighted by Gasteiger charge is -2.09. The molecule has 9 heteroatoms. The van der Waals surface area contributed by atoms with Crippen LogP contribution in [0.1, 0.15) is 5.56 Å². The lowest BCUT2D eigenvalue weighted by molar-refractivity contribution is 0.427. The van der Waals surface area contributed by atoms with E-state index in [1.807, 2.05) is 54.6 Å². The molecule has 124 valence electrons. The molecule has 0 spiro atoms. The summed E-state index contributed by atoms with van der Waals surface area (Å²) in [5, 5.41) is 19.1. The number of ether oxygens (including phenoxy) is 1. The molecular formula is C16H14N8O. The van der Waals surface area contributed by atoms with Gasteiger partial charge in [-0.25, -0.2) is 4.68 Å². The van der Waals surface area contributed by atoms with E-state index in [2.05, 4.69) is 31.1 Å². The van der Waals surface area contributed by atoms with Crippen molar-refractivity contribution in [2.45, 2.75) is 6.54 Å². The lowest BCUT2D eigenvalue weighted by Crippen LogP contribution is -2.12. The Hall–Kier alpha value is -3.75. The summed E-state index contributed by atoms with van der Waals surface area (Å²) in [7, 11) is 0. The van der Waals surface area contributed by atoms with E-state index in [0.29, 0.717) is 18.3 Å². The summed E-state index contributed by atoms with van der Waals surface area (Å²) < 4.78 is 9.08. The Morgan fingerprint density at radius 3 is 2.64 bits per heavy atom. The molecule has 0 aliphatic carbocycles. The van der Waals surface area contributed by atoms with Crippen LogP contribution in [-0.4, -0.2) is 35.1 Å². The van der Waals surface area contributed by atoms with Crippen molar-refractivity contribution in [1.82, 2.24) is 35.1 Å². The van der Waals surface area contributed by atoms with Gasteiger partial charge in [0.05, 0.1) is 12.2 Å². The van der Waals surface area contributed by atoms with E-state index < -0.39 is 0 Å². The first-order chi connectivity index (χ1) is 12.4. The summed E-state index contributed by atoms with van der Waals surface area (Å²) in [4.78, 5) is 0. The number of para-hydroxylation sites is 1. The summed E-state index contributed by atoms with van der Waals surface area (Å²) in [6.45, 7) is 0.596. The molecule has 1 N–H and O–H groups in total. The summed E-state index contributed by atoms with van der Waals surface area (Å²) >= 11 is 0. The van der Waals surface area contributed by atoms with E-state index in [-0.39, 0.29) is 0 Å². The van der Waals surface area contributed by atoms with Crippen molar-refractivity contribution in [3.63, 3.8) is 0 Å². The van der Waals surface area contributed by atoms with E-state index in [9.17, 15) is 0 Å². The maximum atomic E-state index is 5.85. The molecule has 0 unspecified atom stereocenters. The number of rotatable bonds is 6. The van der Waals surface area contributed by atoms with E-state index in [0.717, 1.165) is 11.3 Å². The number of benzene rings is 2. The molecule has 4 rings (SSSR count). The zero-order chi connectivity index (χ0) is 16.9. The summed E-state index contributed by atoms with van der Waals surface area (Å²) in [6, 6.07) is 17.5. The Labute approximate surface area is 142 Å². The largest absolute Gasteiger partial charge is 0.423 e. The number of aromatic nitrogens is 7. The van der Waals surface area contributed by atoms with E-state index >= 15 is 0 Å². The van der Waals surface area contributed by atoms with Gasteiger partial charge in [-0.2, -0.15) is 4.68 Å². The molecule has 9 nitrogen and oxygen atoms in total. The van der Waals surface area contributed by atoms with Gasteiger partial charge in [0.15, 0.2) is 0 Å². The molecule has 4 aromatic rings. The monoisotopic (exact) mass is 334 g/mol. The van der Waals surface area contributed by atoms with Crippen LogP contribution in [0.15, 0.2) is 67.3 Å². The van der Waals surface area contributed by atoms with Gasteiger partial charge in [0.25, 0.3) is 0 Å². The third-order valence-corrected chi connectivity index (χ3v) is 3.43. The molecule has 0 radical (unpaired) electrons. The van der Waals surface area contributed by atoms with Crippen LogP contribution >= 0.6 is 0 Å². The standard InChI is InChI=1S/C16H14N8O/c1-2-6-14(7-3-1)24-16(20-21-22-24)25-15-8-4-5-13(9-15)10-19-23-11-17-18-12-23/h1-9,11-12,19H,10H2. The number of hydrogen-bond donors (Lipinski definition) is 1. The number of tetrazole rings is 1.